The van der Waals surface area contributed by atoms with E-state index in [-0.39, 0.29) is 21.0 Å². The van der Waals surface area contributed by atoms with Crippen LogP contribution in [0.15, 0.2) is 29.2 Å². The topological polar surface area (TPSA) is 17.1 Å². The molecule has 1 nitrogen and oxygen atoms in total. The van der Waals surface area contributed by atoms with Crippen LogP contribution in [-0.4, -0.2) is 8.96 Å². The Balaban J connectivity index is 0.00000116. The van der Waals surface area contributed by atoms with E-state index in [1.165, 1.54) is 5.56 Å². The highest BCUT2D eigenvalue weighted by Gasteiger charge is 2.60. The predicted molar refractivity (Wildman–Crippen MR) is 98.9 cm³/mol. The molecule has 0 saturated heterocycles. The number of rotatable bonds is 0. The second-order valence-electron chi connectivity index (χ2n) is 8.15. The Hall–Kier alpha value is -0.630. The van der Waals surface area contributed by atoms with Crippen molar-refractivity contribution in [3.8, 4) is 0 Å². The van der Waals surface area contributed by atoms with Crippen molar-refractivity contribution in [1.82, 2.24) is 0 Å². The summed E-state index contributed by atoms with van der Waals surface area (Å²) in [6.45, 7) is 22.1. The molecule has 1 aliphatic rings. The fourth-order valence-electron chi connectivity index (χ4n) is 3.52. The molecular formula is C20H34OS. The number of benzene rings is 1. The van der Waals surface area contributed by atoms with Crippen LogP contribution in [0, 0.1) is 10.8 Å². The van der Waals surface area contributed by atoms with Crippen molar-refractivity contribution in [3.63, 3.8) is 0 Å². The average Bonchev–Trinajstić information content (AvgIpc) is 2.48. The van der Waals surface area contributed by atoms with Crippen LogP contribution in [0.4, 0.5) is 0 Å². The van der Waals surface area contributed by atoms with E-state index in [4.69, 9.17) is 0 Å². The summed E-state index contributed by atoms with van der Waals surface area (Å²) in [5.74, 6) is 0. The summed E-state index contributed by atoms with van der Waals surface area (Å²) in [7, 11) is -1.01. The standard InChI is InChI=1S/C18H28OS.C2H6/c1-15(2)13-11-9-10-12-14(13)20(19)18(7,8)17(5,6)16(15,3)4;1-2/h9-12H,1-8H3;1-2H3. The van der Waals surface area contributed by atoms with Gasteiger partial charge in [-0.25, -0.2) is 0 Å². The summed E-state index contributed by atoms with van der Waals surface area (Å²) >= 11 is 0. The quantitative estimate of drug-likeness (QED) is 0.577. The minimum atomic E-state index is -1.01. The smallest absolute Gasteiger partial charge is 0.0595 e. The normalized spacial score (nSPS) is 26.9. The molecule has 1 aliphatic heterocycles. The molecule has 0 N–H and O–H groups in total. The van der Waals surface area contributed by atoms with E-state index in [0.717, 1.165) is 4.90 Å². The van der Waals surface area contributed by atoms with Crippen LogP contribution < -0.4 is 0 Å². The molecule has 126 valence electrons. The van der Waals surface area contributed by atoms with E-state index in [9.17, 15) is 4.21 Å². The summed E-state index contributed by atoms with van der Waals surface area (Å²) in [6.07, 6.45) is 0. The maximum absolute atomic E-state index is 13.3. The molecule has 22 heavy (non-hydrogen) atoms. The molecule has 0 aromatic heterocycles. The molecule has 1 heterocycles. The van der Waals surface area contributed by atoms with Gasteiger partial charge in [-0.05, 0) is 41.7 Å². The van der Waals surface area contributed by atoms with Crippen molar-refractivity contribution in [2.75, 3.05) is 0 Å². The minimum absolute atomic E-state index is 0.0196. The van der Waals surface area contributed by atoms with Crippen molar-refractivity contribution < 1.29 is 4.21 Å². The van der Waals surface area contributed by atoms with Crippen molar-refractivity contribution >= 4 is 10.8 Å². The first-order chi connectivity index (χ1) is 9.89. The van der Waals surface area contributed by atoms with E-state index in [1.54, 1.807) is 0 Å². The van der Waals surface area contributed by atoms with Crippen LogP contribution in [0.3, 0.4) is 0 Å². The van der Waals surface area contributed by atoms with Gasteiger partial charge in [0.1, 0.15) is 0 Å². The summed E-state index contributed by atoms with van der Waals surface area (Å²) in [5, 5.41) is 0. The second kappa shape index (κ2) is 5.78. The number of fused-ring (bicyclic) bond motifs is 1. The lowest BCUT2D eigenvalue weighted by molar-refractivity contribution is 0.00706. The van der Waals surface area contributed by atoms with Gasteiger partial charge in [0, 0.05) is 4.90 Å². The Morgan fingerprint density at radius 2 is 1.23 bits per heavy atom. The molecule has 0 spiro atoms. The molecule has 0 saturated carbocycles. The third-order valence-corrected chi connectivity index (χ3v) is 9.05. The molecule has 0 bridgehead atoms. The lowest BCUT2D eigenvalue weighted by atomic mass is 9.50. The van der Waals surface area contributed by atoms with Gasteiger partial charge in [0.15, 0.2) is 0 Å². The third kappa shape index (κ3) is 2.29. The number of hydrogen-bond acceptors (Lipinski definition) is 1. The Morgan fingerprint density at radius 1 is 0.773 bits per heavy atom. The Morgan fingerprint density at radius 3 is 1.73 bits per heavy atom. The molecule has 0 radical (unpaired) electrons. The van der Waals surface area contributed by atoms with Crippen LogP contribution in [0.5, 0.6) is 0 Å². The van der Waals surface area contributed by atoms with E-state index in [0.29, 0.717) is 0 Å². The van der Waals surface area contributed by atoms with E-state index in [2.05, 4.69) is 67.5 Å². The van der Waals surface area contributed by atoms with Crippen LogP contribution in [0.1, 0.15) is 74.8 Å². The summed E-state index contributed by atoms with van der Waals surface area (Å²) < 4.78 is 13.0. The molecule has 1 aromatic rings. The molecule has 1 unspecified atom stereocenters. The van der Waals surface area contributed by atoms with Crippen LogP contribution in [0.2, 0.25) is 0 Å². The van der Waals surface area contributed by atoms with E-state index in [1.807, 2.05) is 26.0 Å². The molecule has 0 fully saturated rings. The molecular weight excluding hydrogens is 288 g/mol. The van der Waals surface area contributed by atoms with Crippen molar-refractivity contribution in [3.05, 3.63) is 29.8 Å². The van der Waals surface area contributed by atoms with Crippen LogP contribution in [0.25, 0.3) is 0 Å². The first kappa shape index (κ1) is 19.4. The third-order valence-electron chi connectivity index (χ3n) is 6.85. The fourth-order valence-corrected chi connectivity index (χ4v) is 5.52. The highest BCUT2D eigenvalue weighted by atomic mass is 32.2. The first-order valence-electron chi connectivity index (χ1n) is 8.40. The van der Waals surface area contributed by atoms with Gasteiger partial charge in [0.2, 0.25) is 0 Å². The lowest BCUT2D eigenvalue weighted by Crippen LogP contribution is -2.55. The Bertz CT molecular complexity index is 565. The van der Waals surface area contributed by atoms with Gasteiger partial charge >= 0.3 is 0 Å². The Labute approximate surface area is 140 Å². The average molecular weight is 323 g/mol. The summed E-state index contributed by atoms with van der Waals surface area (Å²) in [5.41, 5.74) is 1.16. The highest BCUT2D eigenvalue weighted by molar-refractivity contribution is 7.86. The van der Waals surface area contributed by atoms with Gasteiger partial charge in [-0.3, -0.25) is 4.21 Å². The second-order valence-corrected chi connectivity index (χ2v) is 10.1. The maximum Gasteiger partial charge on any atom is 0.0595 e. The fraction of sp³-hybridized carbons (Fsp3) is 0.700. The zero-order chi connectivity index (χ0) is 17.6. The largest absolute Gasteiger partial charge is 0.254 e. The van der Waals surface area contributed by atoms with Crippen LogP contribution >= 0.6 is 0 Å². The van der Waals surface area contributed by atoms with Gasteiger partial charge in [-0.15, -0.1) is 0 Å². The minimum Gasteiger partial charge on any atom is -0.254 e. The summed E-state index contributed by atoms with van der Waals surface area (Å²) in [4.78, 5) is 1.01. The SMILES string of the molecule is CC.CC1(C)c2ccccc2S(=O)C(C)(C)C(C)(C)C1(C)C. The van der Waals surface area contributed by atoms with Gasteiger partial charge in [0.25, 0.3) is 0 Å². The molecule has 1 atom stereocenters. The van der Waals surface area contributed by atoms with Gasteiger partial charge < -0.3 is 0 Å². The monoisotopic (exact) mass is 322 g/mol. The zero-order valence-electron chi connectivity index (χ0n) is 16.1. The molecule has 2 rings (SSSR count). The highest BCUT2D eigenvalue weighted by Crippen LogP contribution is 2.61. The lowest BCUT2D eigenvalue weighted by Gasteiger charge is -2.56. The summed E-state index contributed by atoms with van der Waals surface area (Å²) in [6, 6.07) is 8.28. The zero-order valence-corrected chi connectivity index (χ0v) is 16.9. The molecule has 0 aliphatic carbocycles. The van der Waals surface area contributed by atoms with E-state index < -0.39 is 10.8 Å². The molecule has 0 amide bonds. The predicted octanol–water partition coefficient (Wildman–Crippen LogP) is 5.94. The van der Waals surface area contributed by atoms with Crippen molar-refractivity contribution in [1.29, 1.82) is 0 Å². The first-order valence-corrected chi connectivity index (χ1v) is 9.55. The molecule has 1 aromatic carbocycles. The number of hydrogen-bond donors (Lipinski definition) is 0. The van der Waals surface area contributed by atoms with Crippen molar-refractivity contribution in [2.45, 2.75) is 84.3 Å². The van der Waals surface area contributed by atoms with E-state index >= 15 is 0 Å². The maximum atomic E-state index is 13.3. The van der Waals surface area contributed by atoms with Crippen LogP contribution in [-0.2, 0) is 16.2 Å². The van der Waals surface area contributed by atoms with Gasteiger partial charge in [0.05, 0.1) is 15.5 Å². The van der Waals surface area contributed by atoms with Crippen molar-refractivity contribution in [2.24, 2.45) is 10.8 Å². The van der Waals surface area contributed by atoms with Gasteiger partial charge in [-0.1, -0.05) is 73.6 Å². The Kier molecular flexibility index (Phi) is 5.10. The van der Waals surface area contributed by atoms with Gasteiger partial charge in [-0.2, -0.15) is 0 Å². The molecule has 2 heteroatoms.